The van der Waals surface area contributed by atoms with Crippen molar-refractivity contribution >= 4 is 0 Å². The highest BCUT2D eigenvalue weighted by Crippen LogP contribution is 2.31. The predicted octanol–water partition coefficient (Wildman–Crippen LogP) is 0.925. The van der Waals surface area contributed by atoms with Gasteiger partial charge in [0.2, 0.25) is 5.92 Å². The monoisotopic (exact) mass is 135 g/mol. The molecule has 0 bridgehead atoms. The summed E-state index contributed by atoms with van der Waals surface area (Å²) in [5, 5.41) is 10.4. The average molecular weight is 135 g/mol. The smallest absolute Gasteiger partial charge is 0.236 e. The minimum atomic E-state index is -2.92. The Bertz CT molecular complexity index is 103. The van der Waals surface area contributed by atoms with Gasteiger partial charge < -0.3 is 5.11 Å². The number of hydrogen-bond donors (Lipinski definition) is 0. The molecule has 0 amide bonds. The van der Waals surface area contributed by atoms with E-state index in [0.717, 1.165) is 0 Å². The van der Waals surface area contributed by atoms with Gasteiger partial charge >= 0.3 is 0 Å². The third-order valence-corrected chi connectivity index (χ3v) is 1.70. The molecule has 3 heteroatoms. The van der Waals surface area contributed by atoms with Gasteiger partial charge in [-0.2, -0.15) is 0 Å². The van der Waals surface area contributed by atoms with E-state index in [1.54, 1.807) is 0 Å². The van der Waals surface area contributed by atoms with E-state index in [2.05, 4.69) is 0 Å². The molecule has 0 aromatic heterocycles. The minimum Gasteiger partial charge on any atom is -0.848 e. The van der Waals surface area contributed by atoms with Crippen LogP contribution in [-0.4, -0.2) is 12.0 Å². The maximum absolute atomic E-state index is 12.3. The fourth-order valence-corrected chi connectivity index (χ4v) is 1.06. The zero-order valence-electron chi connectivity index (χ0n) is 5.07. The molecule has 1 atom stereocenters. The van der Waals surface area contributed by atoms with Crippen LogP contribution in [0.1, 0.15) is 25.7 Å². The van der Waals surface area contributed by atoms with Gasteiger partial charge in [0.15, 0.2) is 0 Å². The van der Waals surface area contributed by atoms with Crippen molar-refractivity contribution in [2.45, 2.75) is 37.7 Å². The maximum Gasteiger partial charge on any atom is 0.236 e. The highest BCUT2D eigenvalue weighted by Gasteiger charge is 2.33. The molecule has 9 heavy (non-hydrogen) atoms. The van der Waals surface area contributed by atoms with E-state index in [-0.39, 0.29) is 12.8 Å². The standard InChI is InChI=1S/C6H9F2O/c7-6(8)4-2-1-3-5(6)9/h5H,1-4H2/q-1. The second-order valence-corrected chi connectivity index (χ2v) is 2.50. The summed E-state index contributed by atoms with van der Waals surface area (Å²) in [6.45, 7) is 0. The fourth-order valence-electron chi connectivity index (χ4n) is 1.06. The summed E-state index contributed by atoms with van der Waals surface area (Å²) in [5.74, 6) is -2.92. The van der Waals surface area contributed by atoms with Crippen LogP contribution >= 0.6 is 0 Å². The Balaban J connectivity index is 2.49. The Morgan fingerprint density at radius 3 is 2.33 bits per heavy atom. The molecule has 0 N–H and O–H groups in total. The Kier molecular flexibility index (Phi) is 1.70. The van der Waals surface area contributed by atoms with Gasteiger partial charge in [0.25, 0.3) is 0 Å². The Morgan fingerprint density at radius 1 is 1.33 bits per heavy atom. The first kappa shape index (κ1) is 6.93. The quantitative estimate of drug-likeness (QED) is 0.484. The fraction of sp³-hybridized carbons (Fsp3) is 1.00. The van der Waals surface area contributed by atoms with Crippen molar-refractivity contribution in [1.29, 1.82) is 0 Å². The van der Waals surface area contributed by atoms with Crippen LogP contribution in [-0.2, 0) is 0 Å². The molecule has 0 spiro atoms. The zero-order chi connectivity index (χ0) is 6.91. The highest BCUT2D eigenvalue weighted by molar-refractivity contribution is 4.79. The van der Waals surface area contributed by atoms with Gasteiger partial charge in [0, 0.05) is 6.42 Å². The molecule has 0 heterocycles. The molecule has 0 aliphatic heterocycles. The van der Waals surface area contributed by atoms with E-state index in [9.17, 15) is 13.9 Å². The van der Waals surface area contributed by atoms with Crippen LogP contribution in [0, 0.1) is 0 Å². The molecule has 1 aliphatic rings. The average Bonchev–Trinajstić information content (AvgIpc) is 1.77. The third-order valence-electron chi connectivity index (χ3n) is 1.70. The molecule has 1 rings (SSSR count). The Hall–Kier alpha value is -0.180. The molecule has 0 aromatic carbocycles. The number of halogens is 2. The summed E-state index contributed by atoms with van der Waals surface area (Å²) in [6, 6.07) is 0. The van der Waals surface area contributed by atoms with E-state index in [0.29, 0.717) is 12.8 Å². The Morgan fingerprint density at radius 2 is 2.00 bits per heavy atom. The number of alkyl halides is 2. The summed E-state index contributed by atoms with van der Waals surface area (Å²) in [6.07, 6.45) is -0.518. The molecule has 1 fully saturated rings. The predicted molar refractivity (Wildman–Crippen MR) is 27.2 cm³/mol. The van der Waals surface area contributed by atoms with E-state index in [1.165, 1.54) is 0 Å². The largest absolute Gasteiger partial charge is 0.848 e. The molecule has 1 aliphatic carbocycles. The van der Waals surface area contributed by atoms with E-state index in [1.807, 2.05) is 0 Å². The first-order chi connectivity index (χ1) is 4.13. The van der Waals surface area contributed by atoms with Crippen LogP contribution in [0.4, 0.5) is 8.78 Å². The van der Waals surface area contributed by atoms with Gasteiger partial charge in [-0.1, -0.05) is 18.9 Å². The minimum absolute atomic E-state index is 0.146. The molecule has 0 aromatic rings. The van der Waals surface area contributed by atoms with Crippen molar-refractivity contribution in [1.82, 2.24) is 0 Å². The van der Waals surface area contributed by atoms with Gasteiger partial charge in [-0.3, -0.25) is 0 Å². The molecule has 1 nitrogen and oxygen atoms in total. The van der Waals surface area contributed by atoms with Gasteiger partial charge in [-0.15, -0.1) is 0 Å². The lowest BCUT2D eigenvalue weighted by Crippen LogP contribution is -2.45. The zero-order valence-corrected chi connectivity index (χ0v) is 5.07. The van der Waals surface area contributed by atoms with Crippen LogP contribution in [0.25, 0.3) is 0 Å². The highest BCUT2D eigenvalue weighted by atomic mass is 19.3. The molecule has 1 saturated carbocycles. The van der Waals surface area contributed by atoms with Crippen LogP contribution in [0.2, 0.25) is 0 Å². The Labute approximate surface area is 52.7 Å². The summed E-state index contributed by atoms with van der Waals surface area (Å²) in [4.78, 5) is 0. The van der Waals surface area contributed by atoms with Crippen molar-refractivity contribution in [3.05, 3.63) is 0 Å². The first-order valence-electron chi connectivity index (χ1n) is 3.16. The van der Waals surface area contributed by atoms with Crippen molar-refractivity contribution < 1.29 is 13.9 Å². The topological polar surface area (TPSA) is 23.1 Å². The SMILES string of the molecule is [O-]C1CCCCC1(F)F. The molecule has 0 saturated heterocycles. The lowest BCUT2D eigenvalue weighted by atomic mass is 9.94. The van der Waals surface area contributed by atoms with Crippen molar-refractivity contribution in [2.75, 3.05) is 0 Å². The molecule has 54 valence electrons. The summed E-state index contributed by atoms with van der Waals surface area (Å²) in [7, 11) is 0. The van der Waals surface area contributed by atoms with Crippen LogP contribution in [0.5, 0.6) is 0 Å². The molecular weight excluding hydrogens is 126 g/mol. The normalized spacial score (nSPS) is 34.3. The van der Waals surface area contributed by atoms with Gasteiger partial charge in [0.05, 0.1) is 0 Å². The second kappa shape index (κ2) is 2.21. The second-order valence-electron chi connectivity index (χ2n) is 2.50. The summed E-state index contributed by atoms with van der Waals surface area (Å²) in [5.41, 5.74) is 0. The van der Waals surface area contributed by atoms with Crippen LogP contribution in [0.3, 0.4) is 0 Å². The van der Waals surface area contributed by atoms with Crippen LogP contribution in [0.15, 0.2) is 0 Å². The number of hydrogen-bond acceptors (Lipinski definition) is 1. The third kappa shape index (κ3) is 1.39. The van der Waals surface area contributed by atoms with Crippen LogP contribution < -0.4 is 5.11 Å². The van der Waals surface area contributed by atoms with E-state index in [4.69, 9.17) is 0 Å². The first-order valence-corrected chi connectivity index (χ1v) is 3.16. The van der Waals surface area contributed by atoms with Gasteiger partial charge in [0.1, 0.15) is 0 Å². The van der Waals surface area contributed by atoms with Crippen molar-refractivity contribution in [3.8, 4) is 0 Å². The lowest BCUT2D eigenvalue weighted by Gasteiger charge is -2.35. The van der Waals surface area contributed by atoms with Crippen molar-refractivity contribution in [2.24, 2.45) is 0 Å². The number of rotatable bonds is 0. The molecular formula is C6H9F2O-. The van der Waals surface area contributed by atoms with Crippen molar-refractivity contribution in [3.63, 3.8) is 0 Å². The maximum atomic E-state index is 12.3. The molecule has 0 radical (unpaired) electrons. The summed E-state index contributed by atoms with van der Waals surface area (Å²) < 4.78 is 24.6. The summed E-state index contributed by atoms with van der Waals surface area (Å²) >= 11 is 0. The van der Waals surface area contributed by atoms with E-state index >= 15 is 0 Å². The van der Waals surface area contributed by atoms with E-state index < -0.39 is 12.0 Å². The lowest BCUT2D eigenvalue weighted by molar-refractivity contribution is -0.467. The van der Waals surface area contributed by atoms with Gasteiger partial charge in [-0.05, 0) is 6.42 Å². The molecule has 1 unspecified atom stereocenters. The van der Waals surface area contributed by atoms with Gasteiger partial charge in [-0.25, -0.2) is 8.78 Å².